The number of furan rings is 1. The minimum atomic E-state index is -0.586. The highest BCUT2D eigenvalue weighted by Crippen LogP contribution is 2.22. The number of hydrogen-bond donors (Lipinski definition) is 0. The highest BCUT2D eigenvalue weighted by molar-refractivity contribution is 5.77. The molecule has 2 rings (SSSR count). The van der Waals surface area contributed by atoms with Crippen molar-refractivity contribution in [2.45, 2.75) is 5.92 Å². The van der Waals surface area contributed by atoms with Gasteiger partial charge in [0.05, 0.1) is 20.5 Å². The van der Waals surface area contributed by atoms with Crippen LogP contribution < -0.4 is 9.47 Å². The van der Waals surface area contributed by atoms with Crippen LogP contribution in [-0.2, 0) is 9.53 Å². The van der Waals surface area contributed by atoms with Crippen LogP contribution in [0.25, 0.3) is 0 Å². The molecule has 1 aromatic heterocycles. The molecular formula is C15H16O5. The molecule has 0 fully saturated rings. The zero-order chi connectivity index (χ0) is 14.4. The van der Waals surface area contributed by atoms with Crippen LogP contribution >= 0.6 is 0 Å². The molecule has 0 saturated carbocycles. The van der Waals surface area contributed by atoms with Crippen molar-refractivity contribution in [2.75, 3.05) is 20.8 Å². The molecule has 0 aliphatic heterocycles. The van der Waals surface area contributed by atoms with Crippen LogP contribution in [0.3, 0.4) is 0 Å². The standard InChI is InChI=1S/C15H16O5/c1-17-11-5-7-12(8-6-11)20-10-13(15(16)18-2)14-4-3-9-19-14/h3-9,13H,10H2,1-2H3. The molecular weight excluding hydrogens is 260 g/mol. The fraction of sp³-hybridized carbons (Fsp3) is 0.267. The molecule has 0 saturated heterocycles. The van der Waals surface area contributed by atoms with Crippen LogP contribution in [0.1, 0.15) is 11.7 Å². The van der Waals surface area contributed by atoms with Gasteiger partial charge in [0.15, 0.2) is 0 Å². The third kappa shape index (κ3) is 3.32. The molecule has 0 radical (unpaired) electrons. The number of hydrogen-bond acceptors (Lipinski definition) is 5. The Labute approximate surface area is 117 Å². The quantitative estimate of drug-likeness (QED) is 0.759. The molecule has 5 nitrogen and oxygen atoms in total. The Kier molecular flexibility index (Phi) is 4.65. The fourth-order valence-corrected chi connectivity index (χ4v) is 1.75. The molecule has 1 heterocycles. The van der Waals surface area contributed by atoms with Gasteiger partial charge >= 0.3 is 5.97 Å². The highest BCUT2D eigenvalue weighted by atomic mass is 16.5. The molecule has 0 amide bonds. The van der Waals surface area contributed by atoms with Gasteiger partial charge in [0.2, 0.25) is 0 Å². The van der Waals surface area contributed by atoms with Crippen molar-refractivity contribution < 1.29 is 23.4 Å². The summed E-state index contributed by atoms with van der Waals surface area (Å²) in [5, 5.41) is 0. The van der Waals surface area contributed by atoms with Crippen LogP contribution in [-0.4, -0.2) is 26.8 Å². The van der Waals surface area contributed by atoms with Gasteiger partial charge in [-0.3, -0.25) is 4.79 Å². The molecule has 1 atom stereocenters. The minimum Gasteiger partial charge on any atom is -0.497 e. The summed E-state index contributed by atoms with van der Waals surface area (Å²) in [4.78, 5) is 11.7. The lowest BCUT2D eigenvalue weighted by Gasteiger charge is -2.13. The van der Waals surface area contributed by atoms with E-state index in [-0.39, 0.29) is 6.61 Å². The molecule has 2 aromatic rings. The van der Waals surface area contributed by atoms with E-state index < -0.39 is 11.9 Å². The smallest absolute Gasteiger partial charge is 0.319 e. The Morgan fingerprint density at radius 2 is 1.85 bits per heavy atom. The monoisotopic (exact) mass is 276 g/mol. The Hall–Kier alpha value is -2.43. The summed E-state index contributed by atoms with van der Waals surface area (Å²) in [5.41, 5.74) is 0. The minimum absolute atomic E-state index is 0.145. The maximum atomic E-state index is 11.7. The van der Waals surface area contributed by atoms with Gasteiger partial charge in [0.25, 0.3) is 0 Å². The highest BCUT2D eigenvalue weighted by Gasteiger charge is 2.25. The van der Waals surface area contributed by atoms with Crippen LogP contribution in [0.2, 0.25) is 0 Å². The number of carbonyl (C=O) groups excluding carboxylic acids is 1. The molecule has 0 N–H and O–H groups in total. The van der Waals surface area contributed by atoms with Gasteiger partial charge in [-0.15, -0.1) is 0 Å². The summed E-state index contributed by atoms with van der Waals surface area (Å²) >= 11 is 0. The Morgan fingerprint density at radius 3 is 2.40 bits per heavy atom. The van der Waals surface area contributed by atoms with Crippen LogP contribution in [0.4, 0.5) is 0 Å². The summed E-state index contributed by atoms with van der Waals surface area (Å²) in [6, 6.07) is 10.6. The number of ether oxygens (including phenoxy) is 3. The maximum absolute atomic E-state index is 11.7. The van der Waals surface area contributed by atoms with Gasteiger partial charge in [-0.05, 0) is 36.4 Å². The van der Waals surface area contributed by atoms with E-state index in [1.807, 2.05) is 0 Å². The second-order valence-electron chi connectivity index (χ2n) is 4.08. The predicted molar refractivity (Wildman–Crippen MR) is 72.0 cm³/mol. The average molecular weight is 276 g/mol. The van der Waals surface area contributed by atoms with Crippen molar-refractivity contribution in [3.63, 3.8) is 0 Å². The maximum Gasteiger partial charge on any atom is 0.319 e. The topological polar surface area (TPSA) is 57.9 Å². The van der Waals surface area contributed by atoms with Crippen molar-refractivity contribution >= 4 is 5.97 Å². The normalized spacial score (nSPS) is 11.7. The molecule has 0 aliphatic carbocycles. The van der Waals surface area contributed by atoms with E-state index in [0.29, 0.717) is 11.5 Å². The Balaban J connectivity index is 2.03. The number of rotatable bonds is 6. The first-order valence-corrected chi connectivity index (χ1v) is 6.12. The van der Waals surface area contributed by atoms with E-state index in [1.165, 1.54) is 13.4 Å². The first kappa shape index (κ1) is 14.0. The van der Waals surface area contributed by atoms with Gasteiger partial charge < -0.3 is 18.6 Å². The van der Waals surface area contributed by atoms with E-state index in [4.69, 9.17) is 18.6 Å². The second kappa shape index (κ2) is 6.65. The lowest BCUT2D eigenvalue weighted by Crippen LogP contribution is -2.20. The molecule has 1 unspecified atom stereocenters. The third-order valence-electron chi connectivity index (χ3n) is 2.85. The van der Waals surface area contributed by atoms with Gasteiger partial charge in [0.1, 0.15) is 29.8 Å². The first-order chi connectivity index (χ1) is 9.74. The molecule has 20 heavy (non-hydrogen) atoms. The second-order valence-corrected chi connectivity index (χ2v) is 4.08. The van der Waals surface area contributed by atoms with Crippen molar-refractivity contribution in [3.8, 4) is 11.5 Å². The molecule has 106 valence electrons. The Morgan fingerprint density at radius 1 is 1.15 bits per heavy atom. The molecule has 1 aromatic carbocycles. The van der Waals surface area contributed by atoms with Gasteiger partial charge in [-0.1, -0.05) is 0 Å². The molecule has 0 spiro atoms. The largest absolute Gasteiger partial charge is 0.497 e. The summed E-state index contributed by atoms with van der Waals surface area (Å²) in [6.07, 6.45) is 1.51. The van der Waals surface area contributed by atoms with Crippen molar-refractivity contribution in [2.24, 2.45) is 0 Å². The van der Waals surface area contributed by atoms with Gasteiger partial charge in [-0.25, -0.2) is 0 Å². The molecule has 0 bridgehead atoms. The van der Waals surface area contributed by atoms with Crippen LogP contribution in [0.15, 0.2) is 47.1 Å². The lowest BCUT2D eigenvalue weighted by atomic mass is 10.1. The van der Waals surface area contributed by atoms with Crippen LogP contribution in [0.5, 0.6) is 11.5 Å². The van der Waals surface area contributed by atoms with E-state index in [0.717, 1.165) is 5.75 Å². The third-order valence-corrected chi connectivity index (χ3v) is 2.85. The fourth-order valence-electron chi connectivity index (χ4n) is 1.75. The van der Waals surface area contributed by atoms with Crippen molar-refractivity contribution in [1.29, 1.82) is 0 Å². The number of carbonyl (C=O) groups is 1. The average Bonchev–Trinajstić information content (AvgIpc) is 3.02. The summed E-state index contributed by atoms with van der Waals surface area (Å²) in [5.74, 6) is 0.926. The lowest BCUT2D eigenvalue weighted by molar-refractivity contribution is -0.143. The van der Waals surface area contributed by atoms with Gasteiger partial charge in [-0.2, -0.15) is 0 Å². The SMILES string of the molecule is COC(=O)C(COc1ccc(OC)cc1)c1ccco1. The summed E-state index contributed by atoms with van der Waals surface area (Å²) in [7, 11) is 2.94. The van der Waals surface area contributed by atoms with E-state index in [2.05, 4.69) is 0 Å². The zero-order valence-electron chi connectivity index (χ0n) is 11.4. The number of methoxy groups -OCH3 is 2. The summed E-state index contributed by atoms with van der Waals surface area (Å²) in [6.45, 7) is 0.145. The van der Waals surface area contributed by atoms with Crippen LogP contribution in [0, 0.1) is 0 Å². The summed E-state index contributed by atoms with van der Waals surface area (Å²) < 4.78 is 20.7. The Bertz CT molecular complexity index is 530. The zero-order valence-corrected chi connectivity index (χ0v) is 11.4. The van der Waals surface area contributed by atoms with Gasteiger partial charge in [0, 0.05) is 0 Å². The van der Waals surface area contributed by atoms with E-state index in [1.54, 1.807) is 43.5 Å². The predicted octanol–water partition coefficient (Wildman–Crippen LogP) is 2.62. The van der Waals surface area contributed by atoms with Crippen molar-refractivity contribution in [3.05, 3.63) is 48.4 Å². The molecule has 0 aliphatic rings. The number of esters is 1. The first-order valence-electron chi connectivity index (χ1n) is 6.12. The number of benzene rings is 1. The van der Waals surface area contributed by atoms with E-state index >= 15 is 0 Å². The van der Waals surface area contributed by atoms with Crippen molar-refractivity contribution in [1.82, 2.24) is 0 Å². The molecule has 5 heteroatoms. The van der Waals surface area contributed by atoms with E-state index in [9.17, 15) is 4.79 Å².